The summed E-state index contributed by atoms with van der Waals surface area (Å²) in [5, 5.41) is 0. The average Bonchev–Trinajstić information content (AvgIpc) is 3.05. The molecule has 29 heavy (non-hydrogen) atoms. The summed E-state index contributed by atoms with van der Waals surface area (Å²) in [6.07, 6.45) is 12.2. The highest BCUT2D eigenvalue weighted by Crippen LogP contribution is 2.68. The SMILES string of the molecule is CC(=O)OCCC[C@]12CC[C@@H]3[C@@H](CCC4=CC(=O)CC[C@]43C)[C@@H]1CC[C@@H]2C(C)=O. The number of fused-ring (bicyclic) bond motifs is 5. The summed E-state index contributed by atoms with van der Waals surface area (Å²) >= 11 is 0. The molecule has 4 aliphatic rings. The van der Waals surface area contributed by atoms with Gasteiger partial charge in [0.15, 0.2) is 5.78 Å². The Balaban J connectivity index is 1.59. The lowest BCUT2D eigenvalue weighted by atomic mass is 9.46. The second-order valence-electron chi connectivity index (χ2n) is 10.4. The number of hydrogen-bond acceptors (Lipinski definition) is 4. The van der Waals surface area contributed by atoms with Crippen LogP contribution in [-0.4, -0.2) is 24.1 Å². The van der Waals surface area contributed by atoms with E-state index in [0.29, 0.717) is 42.3 Å². The fourth-order valence-corrected chi connectivity index (χ4v) is 8.08. The van der Waals surface area contributed by atoms with Crippen molar-refractivity contribution in [2.24, 2.45) is 34.5 Å². The number of esters is 1. The molecule has 6 atom stereocenters. The van der Waals surface area contributed by atoms with Gasteiger partial charge in [0.1, 0.15) is 5.78 Å². The zero-order valence-corrected chi connectivity index (χ0v) is 18.3. The van der Waals surface area contributed by atoms with Crippen LogP contribution in [0.25, 0.3) is 0 Å². The van der Waals surface area contributed by atoms with E-state index in [-0.39, 0.29) is 22.7 Å². The van der Waals surface area contributed by atoms with Crippen molar-refractivity contribution in [3.63, 3.8) is 0 Å². The maximum Gasteiger partial charge on any atom is 0.302 e. The average molecular weight is 401 g/mol. The highest BCUT2D eigenvalue weighted by molar-refractivity contribution is 5.91. The molecule has 0 radical (unpaired) electrons. The highest BCUT2D eigenvalue weighted by Gasteiger charge is 2.61. The maximum absolute atomic E-state index is 12.6. The van der Waals surface area contributed by atoms with Crippen LogP contribution < -0.4 is 0 Å². The Kier molecular flexibility index (Phi) is 5.50. The summed E-state index contributed by atoms with van der Waals surface area (Å²) in [5.41, 5.74) is 1.67. The van der Waals surface area contributed by atoms with Crippen LogP contribution in [0, 0.1) is 34.5 Å². The number of carbonyl (C=O) groups is 3. The minimum absolute atomic E-state index is 0.0925. The molecule has 0 spiro atoms. The van der Waals surface area contributed by atoms with E-state index in [4.69, 9.17) is 4.74 Å². The van der Waals surface area contributed by atoms with Gasteiger partial charge in [-0.3, -0.25) is 14.4 Å². The molecule has 4 heteroatoms. The van der Waals surface area contributed by atoms with Crippen molar-refractivity contribution < 1.29 is 19.1 Å². The molecule has 4 nitrogen and oxygen atoms in total. The van der Waals surface area contributed by atoms with Crippen molar-refractivity contribution in [3.05, 3.63) is 11.6 Å². The van der Waals surface area contributed by atoms with E-state index < -0.39 is 0 Å². The van der Waals surface area contributed by atoms with Crippen molar-refractivity contribution in [2.45, 2.75) is 85.0 Å². The molecule has 0 amide bonds. The fraction of sp³-hybridized carbons (Fsp3) is 0.800. The zero-order valence-electron chi connectivity index (χ0n) is 18.3. The summed E-state index contributed by atoms with van der Waals surface area (Å²) < 4.78 is 5.21. The Morgan fingerprint density at radius 3 is 2.59 bits per heavy atom. The largest absolute Gasteiger partial charge is 0.466 e. The minimum Gasteiger partial charge on any atom is -0.466 e. The molecule has 0 heterocycles. The Hall–Kier alpha value is -1.45. The molecule has 4 rings (SSSR count). The molecule has 0 aromatic heterocycles. The van der Waals surface area contributed by atoms with Gasteiger partial charge in [0.2, 0.25) is 0 Å². The van der Waals surface area contributed by atoms with Crippen LogP contribution in [0.4, 0.5) is 0 Å². The van der Waals surface area contributed by atoms with E-state index in [0.717, 1.165) is 44.9 Å². The highest BCUT2D eigenvalue weighted by atomic mass is 16.5. The van der Waals surface area contributed by atoms with Crippen LogP contribution in [0.1, 0.15) is 85.0 Å². The lowest BCUT2D eigenvalue weighted by Crippen LogP contribution is -2.52. The fourth-order valence-electron chi connectivity index (χ4n) is 8.08. The monoisotopic (exact) mass is 400 g/mol. The van der Waals surface area contributed by atoms with Crippen LogP contribution in [0.5, 0.6) is 0 Å². The molecular weight excluding hydrogens is 364 g/mol. The predicted octanol–water partition coefficient (Wildman–Crippen LogP) is 5.05. The minimum atomic E-state index is -0.219. The van der Waals surface area contributed by atoms with Gasteiger partial charge in [0.05, 0.1) is 6.61 Å². The van der Waals surface area contributed by atoms with Crippen LogP contribution in [-0.2, 0) is 19.1 Å². The van der Waals surface area contributed by atoms with E-state index in [1.165, 1.54) is 25.3 Å². The maximum atomic E-state index is 12.6. The van der Waals surface area contributed by atoms with E-state index in [9.17, 15) is 14.4 Å². The molecule has 0 unspecified atom stereocenters. The van der Waals surface area contributed by atoms with E-state index in [1.807, 2.05) is 6.08 Å². The topological polar surface area (TPSA) is 60.4 Å². The lowest BCUT2D eigenvalue weighted by Gasteiger charge is -2.59. The molecular formula is C25H36O4. The van der Waals surface area contributed by atoms with E-state index >= 15 is 0 Å². The Labute approximate surface area is 174 Å². The van der Waals surface area contributed by atoms with Gasteiger partial charge >= 0.3 is 5.97 Å². The van der Waals surface area contributed by atoms with Gasteiger partial charge in [-0.1, -0.05) is 12.5 Å². The molecule has 0 bridgehead atoms. The van der Waals surface area contributed by atoms with Gasteiger partial charge in [-0.25, -0.2) is 0 Å². The number of rotatable bonds is 5. The smallest absolute Gasteiger partial charge is 0.302 e. The molecule has 0 saturated heterocycles. The number of allylic oxidation sites excluding steroid dienone is 1. The number of carbonyl (C=O) groups excluding carboxylic acids is 3. The first kappa shape index (κ1) is 20.8. The summed E-state index contributed by atoms with van der Waals surface area (Å²) in [6, 6.07) is 0. The van der Waals surface area contributed by atoms with Crippen molar-refractivity contribution in [3.8, 4) is 0 Å². The van der Waals surface area contributed by atoms with Crippen molar-refractivity contribution in [1.29, 1.82) is 0 Å². The number of ether oxygens (including phenoxy) is 1. The normalized spacial score (nSPS) is 41.1. The van der Waals surface area contributed by atoms with E-state index in [1.54, 1.807) is 6.92 Å². The summed E-state index contributed by atoms with van der Waals surface area (Å²) in [6.45, 7) is 6.12. The van der Waals surface area contributed by atoms with Crippen molar-refractivity contribution in [2.75, 3.05) is 6.61 Å². The van der Waals surface area contributed by atoms with Gasteiger partial charge in [0.25, 0.3) is 0 Å². The molecule has 160 valence electrons. The third kappa shape index (κ3) is 3.41. The quantitative estimate of drug-likeness (QED) is 0.479. The number of ketones is 2. The molecule has 0 N–H and O–H groups in total. The lowest BCUT2D eigenvalue weighted by molar-refractivity contribution is -0.142. The van der Waals surface area contributed by atoms with Crippen LogP contribution in [0.2, 0.25) is 0 Å². The first-order valence-corrected chi connectivity index (χ1v) is 11.7. The van der Waals surface area contributed by atoms with Crippen LogP contribution >= 0.6 is 0 Å². The summed E-state index contributed by atoms with van der Waals surface area (Å²) in [4.78, 5) is 35.8. The predicted molar refractivity (Wildman–Crippen MR) is 111 cm³/mol. The van der Waals surface area contributed by atoms with Gasteiger partial charge in [0, 0.05) is 19.3 Å². The van der Waals surface area contributed by atoms with Gasteiger partial charge in [-0.15, -0.1) is 0 Å². The third-order valence-corrected chi connectivity index (χ3v) is 9.26. The van der Waals surface area contributed by atoms with Crippen LogP contribution in [0.3, 0.4) is 0 Å². The first-order chi connectivity index (χ1) is 13.8. The Morgan fingerprint density at radius 2 is 1.86 bits per heavy atom. The van der Waals surface area contributed by atoms with E-state index in [2.05, 4.69) is 6.92 Å². The molecule has 3 fully saturated rings. The molecule has 0 aliphatic heterocycles. The second kappa shape index (κ2) is 7.67. The number of hydrogen-bond donors (Lipinski definition) is 0. The van der Waals surface area contributed by atoms with Crippen LogP contribution in [0.15, 0.2) is 11.6 Å². The molecule has 3 saturated carbocycles. The second-order valence-corrected chi connectivity index (χ2v) is 10.4. The summed E-state index contributed by atoms with van der Waals surface area (Å²) in [5.74, 6) is 2.52. The number of Topliss-reactive ketones (excluding diaryl/α,β-unsaturated/α-hetero) is 1. The Morgan fingerprint density at radius 1 is 1.07 bits per heavy atom. The molecule has 0 aromatic rings. The molecule has 0 aromatic carbocycles. The summed E-state index contributed by atoms with van der Waals surface area (Å²) in [7, 11) is 0. The Bertz CT molecular complexity index is 737. The third-order valence-electron chi connectivity index (χ3n) is 9.26. The molecule has 4 aliphatic carbocycles. The first-order valence-electron chi connectivity index (χ1n) is 11.7. The zero-order chi connectivity index (χ0) is 20.8. The van der Waals surface area contributed by atoms with Crippen molar-refractivity contribution in [1.82, 2.24) is 0 Å². The van der Waals surface area contributed by atoms with Crippen molar-refractivity contribution >= 4 is 17.5 Å². The van der Waals surface area contributed by atoms with Gasteiger partial charge < -0.3 is 4.74 Å². The standard InChI is InChI=1S/C25H36O4/c1-16(26)21-7-8-23-20-6-5-18-15-19(28)9-12-24(18,3)22(20)10-13-25(21,23)11-4-14-29-17(2)27/h15,20-23H,4-14H2,1-3H3/t20-,21-,22-,23+,24-,25-/m1/s1. The van der Waals surface area contributed by atoms with Gasteiger partial charge in [-0.2, -0.15) is 0 Å². The van der Waals surface area contributed by atoms with Gasteiger partial charge in [-0.05, 0) is 99.4 Å².